The van der Waals surface area contributed by atoms with Crippen molar-refractivity contribution in [3.05, 3.63) is 72.8 Å². The van der Waals surface area contributed by atoms with Crippen LogP contribution >= 0.6 is 0 Å². The van der Waals surface area contributed by atoms with Crippen molar-refractivity contribution in [2.24, 2.45) is 0 Å². The molecule has 5 heteroatoms. The molecule has 0 radical (unpaired) electrons. The number of rotatable bonds is 8. The number of carbonyl (C=O) groups is 1. The van der Waals surface area contributed by atoms with E-state index in [9.17, 15) is 4.79 Å². The van der Waals surface area contributed by atoms with Crippen LogP contribution in [-0.4, -0.2) is 33.3 Å². The zero-order chi connectivity index (χ0) is 21.8. The summed E-state index contributed by atoms with van der Waals surface area (Å²) in [5.41, 5.74) is 0. The summed E-state index contributed by atoms with van der Waals surface area (Å²) >= 11 is 0. The molecule has 0 bridgehead atoms. The van der Waals surface area contributed by atoms with E-state index in [1.807, 2.05) is 12.1 Å². The summed E-state index contributed by atoms with van der Waals surface area (Å²) in [5, 5.41) is 2.43. The molecule has 1 aliphatic rings. The fourth-order valence-corrected chi connectivity index (χ4v) is 8.97. The van der Waals surface area contributed by atoms with Gasteiger partial charge in [-0.15, -0.1) is 0 Å². The predicted octanol–water partition coefficient (Wildman–Crippen LogP) is 4.19. The minimum absolute atomic E-state index is 0.0453. The van der Waals surface area contributed by atoms with E-state index in [1.54, 1.807) is 13.2 Å². The highest BCUT2D eigenvalue weighted by Gasteiger charge is 2.51. The van der Waals surface area contributed by atoms with Gasteiger partial charge >= 0.3 is 5.97 Å². The Labute approximate surface area is 181 Å². The number of hydrogen-bond donors (Lipinski definition) is 0. The normalized spacial score (nSPS) is 20.2. The van der Waals surface area contributed by atoms with Crippen LogP contribution < -0.4 is 10.4 Å². The van der Waals surface area contributed by atoms with Crippen molar-refractivity contribution in [2.75, 3.05) is 7.11 Å². The Kier molecular flexibility index (Phi) is 6.65. The molecule has 1 aliphatic heterocycles. The van der Waals surface area contributed by atoms with E-state index < -0.39 is 14.1 Å². The van der Waals surface area contributed by atoms with E-state index in [2.05, 4.69) is 76.2 Å². The highest BCUT2D eigenvalue weighted by atomic mass is 28.4. The molecule has 2 aromatic carbocycles. The van der Waals surface area contributed by atoms with Crippen LogP contribution in [0.5, 0.6) is 0 Å². The van der Waals surface area contributed by atoms with Crippen LogP contribution in [0.4, 0.5) is 0 Å². The average molecular weight is 425 g/mol. The third-order valence-corrected chi connectivity index (χ3v) is 10.9. The molecule has 0 aliphatic carbocycles. The molecule has 1 heterocycles. The molecule has 0 N–H and O–H groups in total. The number of esters is 1. The van der Waals surface area contributed by atoms with Crippen LogP contribution in [-0.2, 0) is 18.7 Å². The summed E-state index contributed by atoms with van der Waals surface area (Å²) in [7, 11) is -1.04. The number of benzene rings is 2. The molecule has 2 aromatic rings. The van der Waals surface area contributed by atoms with Gasteiger partial charge in [0.05, 0.1) is 0 Å². The molecule has 30 heavy (non-hydrogen) atoms. The average Bonchev–Trinajstić information content (AvgIpc) is 3.12. The van der Waals surface area contributed by atoms with E-state index in [1.165, 1.54) is 16.4 Å². The molecule has 1 unspecified atom stereocenters. The first kappa shape index (κ1) is 22.5. The maximum absolute atomic E-state index is 11.6. The maximum atomic E-state index is 11.6. The Bertz CT molecular complexity index is 834. The fraction of sp³-hybridized carbons (Fsp3) is 0.400. The molecule has 0 spiro atoms. The topological polar surface area (TPSA) is 44.8 Å². The lowest BCUT2D eigenvalue weighted by atomic mass is 10.1. The van der Waals surface area contributed by atoms with Crippen LogP contribution in [0.2, 0.25) is 5.04 Å². The molecule has 3 rings (SSSR count). The Morgan fingerprint density at radius 3 is 1.93 bits per heavy atom. The van der Waals surface area contributed by atoms with Gasteiger partial charge in [-0.25, -0.2) is 4.79 Å². The summed E-state index contributed by atoms with van der Waals surface area (Å²) in [5.74, 6) is -1.35. The molecule has 2 atom stereocenters. The van der Waals surface area contributed by atoms with Crippen molar-refractivity contribution in [2.45, 2.75) is 57.5 Å². The lowest BCUT2D eigenvalue weighted by Gasteiger charge is -2.45. The lowest BCUT2D eigenvalue weighted by Crippen LogP contribution is -2.67. The maximum Gasteiger partial charge on any atom is 0.333 e. The predicted molar refractivity (Wildman–Crippen MR) is 122 cm³/mol. The minimum atomic E-state index is -2.60. The second-order valence-corrected chi connectivity index (χ2v) is 13.2. The van der Waals surface area contributed by atoms with Crippen molar-refractivity contribution in [1.29, 1.82) is 0 Å². The van der Waals surface area contributed by atoms with Crippen molar-refractivity contribution in [3.63, 3.8) is 0 Å². The highest BCUT2D eigenvalue weighted by Crippen LogP contribution is 2.38. The van der Waals surface area contributed by atoms with E-state index in [0.717, 1.165) is 0 Å². The largest absolute Gasteiger partial charge is 0.426 e. The van der Waals surface area contributed by atoms with E-state index in [4.69, 9.17) is 13.9 Å². The Morgan fingerprint density at radius 2 is 1.53 bits per heavy atom. The van der Waals surface area contributed by atoms with Gasteiger partial charge in [-0.1, -0.05) is 81.4 Å². The summed E-state index contributed by atoms with van der Waals surface area (Å²) in [4.78, 5) is 11.6. The summed E-state index contributed by atoms with van der Waals surface area (Å²) in [6.07, 6.45) is 4.33. The van der Waals surface area contributed by atoms with E-state index >= 15 is 0 Å². The molecule has 4 nitrogen and oxygen atoms in total. The molecule has 0 saturated heterocycles. The summed E-state index contributed by atoms with van der Waals surface area (Å²) in [6.45, 7) is 8.90. The first-order valence-corrected chi connectivity index (χ1v) is 12.4. The van der Waals surface area contributed by atoms with Crippen LogP contribution in [0, 0.1) is 0 Å². The number of methoxy groups -OCH3 is 1. The van der Waals surface area contributed by atoms with Crippen molar-refractivity contribution >= 4 is 24.7 Å². The number of hydrogen-bond acceptors (Lipinski definition) is 4. The molecule has 0 amide bonds. The standard InChI is InChI=1S/C25H32O4Si/c1-20(16-18-25(27-5)19-17-23(26)28-25)29-30(24(2,3)4,21-12-8-6-9-13-21)22-14-10-7-11-15-22/h6-15,17,19-20H,16,18H2,1-5H3/t20-,25?/m1/s1. The smallest absolute Gasteiger partial charge is 0.333 e. The Hall–Kier alpha value is -2.21. The molecule has 0 aromatic heterocycles. The van der Waals surface area contributed by atoms with Gasteiger partial charge in [-0.2, -0.15) is 0 Å². The zero-order valence-electron chi connectivity index (χ0n) is 18.6. The first-order chi connectivity index (χ1) is 14.2. The monoisotopic (exact) mass is 424 g/mol. The van der Waals surface area contributed by atoms with Crippen molar-refractivity contribution < 1.29 is 18.7 Å². The van der Waals surface area contributed by atoms with Crippen LogP contribution in [0.25, 0.3) is 0 Å². The number of cyclic esters (lactones) is 1. The highest BCUT2D eigenvalue weighted by molar-refractivity contribution is 6.99. The van der Waals surface area contributed by atoms with Gasteiger partial charge < -0.3 is 13.9 Å². The SMILES string of the molecule is COC1(CC[C@@H](C)O[Si](c2ccccc2)(c2ccccc2)C(C)(C)C)C=CC(=O)O1. The summed E-state index contributed by atoms with van der Waals surface area (Å²) < 4.78 is 18.0. The van der Waals surface area contributed by atoms with Gasteiger partial charge in [0.1, 0.15) is 0 Å². The van der Waals surface area contributed by atoms with Crippen molar-refractivity contribution in [1.82, 2.24) is 0 Å². The third-order valence-electron chi connectivity index (χ3n) is 5.79. The van der Waals surface area contributed by atoms with Crippen LogP contribution in [0.3, 0.4) is 0 Å². The van der Waals surface area contributed by atoms with Gasteiger partial charge in [0.25, 0.3) is 8.32 Å². The molecule has 0 fully saturated rings. The van der Waals surface area contributed by atoms with Gasteiger partial charge in [0.2, 0.25) is 5.79 Å². The Morgan fingerprint density at radius 1 is 1.00 bits per heavy atom. The van der Waals surface area contributed by atoms with Gasteiger partial charge in [0, 0.05) is 25.7 Å². The Balaban J connectivity index is 1.93. The van der Waals surface area contributed by atoms with E-state index in [-0.39, 0.29) is 17.1 Å². The molecule has 160 valence electrons. The van der Waals surface area contributed by atoms with Crippen LogP contribution in [0.1, 0.15) is 40.5 Å². The number of carbonyl (C=O) groups excluding carboxylic acids is 1. The fourth-order valence-electron chi connectivity index (χ4n) is 4.24. The number of ether oxygens (including phenoxy) is 2. The van der Waals surface area contributed by atoms with Crippen molar-refractivity contribution in [3.8, 4) is 0 Å². The summed E-state index contributed by atoms with van der Waals surface area (Å²) in [6, 6.07) is 21.2. The molecule has 0 saturated carbocycles. The van der Waals surface area contributed by atoms with E-state index in [0.29, 0.717) is 12.8 Å². The first-order valence-electron chi connectivity index (χ1n) is 10.5. The lowest BCUT2D eigenvalue weighted by molar-refractivity contribution is -0.192. The second kappa shape index (κ2) is 8.88. The van der Waals surface area contributed by atoms with Gasteiger partial charge in [-0.3, -0.25) is 0 Å². The minimum Gasteiger partial charge on any atom is -0.426 e. The van der Waals surface area contributed by atoms with Gasteiger partial charge in [-0.05, 0) is 34.8 Å². The third kappa shape index (κ3) is 4.43. The zero-order valence-corrected chi connectivity index (χ0v) is 19.6. The van der Waals surface area contributed by atoms with Crippen LogP contribution in [0.15, 0.2) is 72.8 Å². The quantitative estimate of drug-likeness (QED) is 0.471. The molecular weight excluding hydrogens is 392 g/mol. The molecular formula is C25H32O4Si. The van der Waals surface area contributed by atoms with Gasteiger partial charge in [0.15, 0.2) is 0 Å². The second-order valence-electron chi connectivity index (χ2n) is 8.90.